The van der Waals surface area contributed by atoms with E-state index in [0.717, 1.165) is 22.5 Å². The predicted octanol–water partition coefficient (Wildman–Crippen LogP) is 3.12. The largest absolute Gasteiger partial charge is 0.307 e. The van der Waals surface area contributed by atoms with E-state index in [0.29, 0.717) is 24.3 Å². The van der Waals surface area contributed by atoms with Gasteiger partial charge in [0.25, 0.3) is 0 Å². The van der Waals surface area contributed by atoms with Crippen molar-refractivity contribution in [3.63, 3.8) is 0 Å². The summed E-state index contributed by atoms with van der Waals surface area (Å²) < 4.78 is 28.8. The van der Waals surface area contributed by atoms with Gasteiger partial charge >= 0.3 is 0 Å². The zero-order chi connectivity index (χ0) is 16.0. The first-order chi connectivity index (χ1) is 11.1. The van der Waals surface area contributed by atoms with Crippen molar-refractivity contribution >= 4 is 0 Å². The van der Waals surface area contributed by atoms with Crippen LogP contribution in [0.25, 0.3) is 16.9 Å². The Morgan fingerprint density at radius 3 is 2.70 bits per heavy atom. The average Bonchev–Trinajstić information content (AvgIpc) is 2.87. The summed E-state index contributed by atoms with van der Waals surface area (Å²) >= 11 is 0. The van der Waals surface area contributed by atoms with Crippen LogP contribution in [-0.2, 0) is 13.1 Å². The van der Waals surface area contributed by atoms with Crippen molar-refractivity contribution in [1.82, 2.24) is 20.3 Å². The molecular formula is C17H14F2N4. The van der Waals surface area contributed by atoms with Gasteiger partial charge in [0, 0.05) is 24.7 Å². The van der Waals surface area contributed by atoms with Crippen LogP contribution >= 0.6 is 0 Å². The normalized spacial score (nSPS) is 13.3. The number of fused-ring (bicyclic) bond motifs is 3. The summed E-state index contributed by atoms with van der Waals surface area (Å²) in [6.07, 6.45) is 0. The maximum absolute atomic E-state index is 13.7. The van der Waals surface area contributed by atoms with Gasteiger partial charge < -0.3 is 5.32 Å². The number of hydrogen-bond donors (Lipinski definition) is 1. The van der Waals surface area contributed by atoms with Crippen LogP contribution in [0, 0.1) is 18.6 Å². The van der Waals surface area contributed by atoms with E-state index < -0.39 is 11.6 Å². The molecule has 0 spiro atoms. The first-order valence-corrected chi connectivity index (χ1v) is 7.35. The number of nitrogens with one attached hydrogen (secondary N) is 1. The lowest BCUT2D eigenvalue weighted by atomic mass is 10.0. The second-order valence-corrected chi connectivity index (χ2v) is 5.61. The number of benzene rings is 2. The molecule has 2 heterocycles. The van der Waals surface area contributed by atoms with E-state index in [1.807, 2.05) is 31.2 Å². The Labute approximate surface area is 131 Å². The lowest BCUT2D eigenvalue weighted by Gasteiger charge is -2.08. The molecule has 4 rings (SSSR count). The maximum atomic E-state index is 13.7. The van der Waals surface area contributed by atoms with Crippen LogP contribution in [0.15, 0.2) is 36.4 Å². The molecule has 0 bridgehead atoms. The zero-order valence-electron chi connectivity index (χ0n) is 12.5. The van der Waals surface area contributed by atoms with E-state index in [9.17, 15) is 8.78 Å². The highest BCUT2D eigenvalue weighted by Crippen LogP contribution is 2.29. The highest BCUT2D eigenvalue weighted by molar-refractivity contribution is 5.66. The van der Waals surface area contributed by atoms with Crippen LogP contribution in [0.3, 0.4) is 0 Å². The van der Waals surface area contributed by atoms with Gasteiger partial charge in [-0.05, 0) is 24.1 Å². The first kappa shape index (κ1) is 14.0. The van der Waals surface area contributed by atoms with Gasteiger partial charge in [0.1, 0.15) is 5.69 Å². The molecule has 23 heavy (non-hydrogen) atoms. The van der Waals surface area contributed by atoms with E-state index in [1.165, 1.54) is 12.1 Å². The molecule has 0 fully saturated rings. The molecule has 0 radical (unpaired) electrons. The van der Waals surface area contributed by atoms with Gasteiger partial charge in [0.2, 0.25) is 0 Å². The number of hydrogen-bond acceptors (Lipinski definition) is 3. The zero-order valence-corrected chi connectivity index (χ0v) is 12.5. The SMILES string of the molecule is Cc1ccccc1-c1nnn2c1CNCc1cc(F)c(F)cc1-2. The van der Waals surface area contributed by atoms with E-state index in [1.54, 1.807) is 4.68 Å². The summed E-state index contributed by atoms with van der Waals surface area (Å²) in [5, 5.41) is 11.7. The van der Waals surface area contributed by atoms with Crippen LogP contribution in [0.1, 0.15) is 16.8 Å². The van der Waals surface area contributed by atoms with E-state index in [-0.39, 0.29) is 0 Å². The minimum Gasteiger partial charge on any atom is -0.307 e. The summed E-state index contributed by atoms with van der Waals surface area (Å²) in [6, 6.07) is 10.3. The molecule has 0 unspecified atom stereocenters. The van der Waals surface area contributed by atoms with Crippen molar-refractivity contribution in [3.05, 3.63) is 64.9 Å². The number of aryl methyl sites for hydroxylation is 1. The Morgan fingerprint density at radius 1 is 1.09 bits per heavy atom. The lowest BCUT2D eigenvalue weighted by Crippen LogP contribution is -2.11. The quantitative estimate of drug-likeness (QED) is 0.751. The Bertz CT molecular complexity index is 902. The van der Waals surface area contributed by atoms with Crippen LogP contribution in [-0.4, -0.2) is 15.0 Å². The lowest BCUT2D eigenvalue weighted by molar-refractivity contribution is 0.505. The van der Waals surface area contributed by atoms with Crippen LogP contribution in [0.2, 0.25) is 0 Å². The van der Waals surface area contributed by atoms with Crippen LogP contribution < -0.4 is 5.32 Å². The van der Waals surface area contributed by atoms with Crippen molar-refractivity contribution < 1.29 is 8.78 Å². The van der Waals surface area contributed by atoms with E-state index in [4.69, 9.17) is 0 Å². The number of aromatic nitrogens is 3. The summed E-state index contributed by atoms with van der Waals surface area (Å²) in [6.45, 7) is 2.98. The van der Waals surface area contributed by atoms with E-state index >= 15 is 0 Å². The van der Waals surface area contributed by atoms with E-state index in [2.05, 4.69) is 15.6 Å². The van der Waals surface area contributed by atoms with Crippen molar-refractivity contribution in [2.45, 2.75) is 20.0 Å². The summed E-state index contributed by atoms with van der Waals surface area (Å²) in [5.74, 6) is -1.74. The van der Waals surface area contributed by atoms with Gasteiger partial charge in [-0.15, -0.1) is 5.10 Å². The molecular weight excluding hydrogens is 298 g/mol. The Morgan fingerprint density at radius 2 is 1.87 bits per heavy atom. The number of rotatable bonds is 1. The molecule has 116 valence electrons. The van der Waals surface area contributed by atoms with Crippen LogP contribution in [0.4, 0.5) is 8.78 Å². The molecule has 2 aromatic carbocycles. The molecule has 3 aromatic rings. The molecule has 0 saturated heterocycles. The average molecular weight is 312 g/mol. The third-order valence-electron chi connectivity index (χ3n) is 4.12. The van der Waals surface area contributed by atoms with Crippen molar-refractivity contribution in [1.29, 1.82) is 0 Å². The first-order valence-electron chi connectivity index (χ1n) is 7.35. The van der Waals surface area contributed by atoms with Crippen molar-refractivity contribution in [3.8, 4) is 16.9 Å². The summed E-state index contributed by atoms with van der Waals surface area (Å²) in [7, 11) is 0. The number of nitrogens with zero attached hydrogens (tertiary/aromatic N) is 3. The van der Waals surface area contributed by atoms with Gasteiger partial charge in [-0.1, -0.05) is 29.5 Å². The van der Waals surface area contributed by atoms with Crippen molar-refractivity contribution in [2.75, 3.05) is 0 Å². The molecule has 1 aromatic heterocycles. The molecule has 6 heteroatoms. The van der Waals surface area contributed by atoms with Gasteiger partial charge in [-0.25, -0.2) is 13.5 Å². The fourth-order valence-corrected chi connectivity index (χ4v) is 2.93. The van der Waals surface area contributed by atoms with Gasteiger partial charge in [-0.2, -0.15) is 0 Å². The Balaban J connectivity index is 1.93. The van der Waals surface area contributed by atoms with Gasteiger partial charge in [0.15, 0.2) is 11.6 Å². The monoisotopic (exact) mass is 312 g/mol. The molecule has 0 atom stereocenters. The Hall–Kier alpha value is -2.60. The topological polar surface area (TPSA) is 42.7 Å². The predicted molar refractivity (Wildman–Crippen MR) is 82.0 cm³/mol. The minimum absolute atomic E-state index is 0.448. The number of halogens is 2. The molecule has 1 aliphatic heterocycles. The Kier molecular flexibility index (Phi) is 3.20. The molecule has 1 aliphatic rings. The standard InChI is InChI=1S/C17H14F2N4/c1-10-4-2-3-5-12(10)17-16-9-20-8-11-6-13(18)14(19)7-15(11)23(16)22-21-17/h2-7,20H,8-9H2,1H3. The molecule has 0 amide bonds. The fourth-order valence-electron chi connectivity index (χ4n) is 2.93. The smallest absolute Gasteiger partial charge is 0.160 e. The third-order valence-corrected chi connectivity index (χ3v) is 4.12. The molecule has 0 saturated carbocycles. The summed E-state index contributed by atoms with van der Waals surface area (Å²) in [5.41, 5.74) is 4.85. The van der Waals surface area contributed by atoms with Gasteiger partial charge in [0.05, 0.1) is 11.4 Å². The highest BCUT2D eigenvalue weighted by Gasteiger charge is 2.22. The minimum atomic E-state index is -0.885. The second kappa shape index (κ2) is 5.24. The molecule has 0 aliphatic carbocycles. The van der Waals surface area contributed by atoms with Crippen LogP contribution in [0.5, 0.6) is 0 Å². The van der Waals surface area contributed by atoms with Gasteiger partial charge in [-0.3, -0.25) is 0 Å². The third kappa shape index (κ3) is 2.22. The maximum Gasteiger partial charge on any atom is 0.160 e. The summed E-state index contributed by atoms with van der Waals surface area (Å²) in [4.78, 5) is 0. The molecule has 4 nitrogen and oxygen atoms in total. The van der Waals surface area contributed by atoms with Crippen molar-refractivity contribution in [2.24, 2.45) is 0 Å². The second-order valence-electron chi connectivity index (χ2n) is 5.61. The highest BCUT2D eigenvalue weighted by atomic mass is 19.2. The molecule has 1 N–H and O–H groups in total. The fraction of sp³-hybridized carbons (Fsp3) is 0.176.